The molecule has 0 bridgehead atoms. The standard InChI is InChI=1S/C13H24N4O3S/c1-13(2,3)14-8-10(18)9-20-12-11(15-21-16-12)17-4-6-19-7-5-17/h10,14,18H,4-9H2,1-3H3/t10-/m0/s1/i1D3,2D3,3D3,4D2,5D2,8D2,9D2. The third kappa shape index (κ3) is 5.39. The van der Waals surface area contributed by atoms with E-state index in [0.717, 1.165) is 0 Å². The topological polar surface area (TPSA) is 79.7 Å². The number of ether oxygens (including phenoxy) is 2. The lowest BCUT2D eigenvalue weighted by Crippen LogP contribution is -2.42. The molecule has 0 aromatic carbocycles. The summed E-state index contributed by atoms with van der Waals surface area (Å²) in [5.41, 5.74) is -3.97. The predicted molar refractivity (Wildman–Crippen MR) is 82.2 cm³/mol. The molecule has 7 nitrogen and oxygen atoms in total. The molecule has 1 atom stereocenters. The van der Waals surface area contributed by atoms with Crippen molar-refractivity contribution < 1.29 is 37.9 Å². The largest absolute Gasteiger partial charge is 0.472 e. The third-order valence-corrected chi connectivity index (χ3v) is 2.47. The van der Waals surface area contributed by atoms with Gasteiger partial charge in [0.15, 0.2) is 0 Å². The molecule has 0 radical (unpaired) electrons. The minimum atomic E-state index is -3.97. The number of nitrogens with zero attached hydrogens (tertiary/aromatic N) is 3. The summed E-state index contributed by atoms with van der Waals surface area (Å²) in [6.45, 7) is -25.6. The third-order valence-electron chi connectivity index (χ3n) is 1.97. The number of morpholine rings is 1. The number of aliphatic hydroxyl groups is 1. The van der Waals surface area contributed by atoms with Crippen LogP contribution < -0.4 is 15.0 Å². The normalized spacial score (nSPS) is 37.8. The molecule has 120 valence electrons. The lowest BCUT2D eigenvalue weighted by molar-refractivity contribution is 0.0975. The average molecular weight is 334 g/mol. The lowest BCUT2D eigenvalue weighted by Gasteiger charge is -2.27. The Morgan fingerprint density at radius 1 is 1.57 bits per heavy atom. The number of rotatable bonds is 6. The Labute approximate surface area is 153 Å². The van der Waals surface area contributed by atoms with Crippen LogP contribution in [-0.2, 0) is 4.74 Å². The summed E-state index contributed by atoms with van der Waals surface area (Å²) >= 11 is 0.320. The van der Waals surface area contributed by atoms with Crippen molar-refractivity contribution in [2.45, 2.75) is 32.2 Å². The molecule has 0 unspecified atom stereocenters. The second-order valence-electron chi connectivity index (χ2n) is 3.68. The highest BCUT2D eigenvalue weighted by atomic mass is 32.1. The van der Waals surface area contributed by atoms with Gasteiger partial charge in [-0.3, -0.25) is 0 Å². The van der Waals surface area contributed by atoms with Crippen molar-refractivity contribution in [1.82, 2.24) is 14.1 Å². The van der Waals surface area contributed by atoms with Crippen molar-refractivity contribution >= 4 is 17.5 Å². The van der Waals surface area contributed by atoms with Crippen LogP contribution in [0.1, 0.15) is 43.9 Å². The van der Waals surface area contributed by atoms with Crippen LogP contribution in [0.15, 0.2) is 0 Å². The first-order chi connectivity index (χ1) is 16.6. The molecule has 0 spiro atoms. The van der Waals surface area contributed by atoms with Gasteiger partial charge >= 0.3 is 0 Å². The van der Waals surface area contributed by atoms with Crippen LogP contribution in [0.3, 0.4) is 0 Å². The maximum absolute atomic E-state index is 10.6. The van der Waals surface area contributed by atoms with Crippen molar-refractivity contribution in [1.29, 1.82) is 0 Å². The maximum atomic E-state index is 10.6. The van der Waals surface area contributed by atoms with Gasteiger partial charge in [-0.25, -0.2) is 0 Å². The second-order valence-corrected chi connectivity index (χ2v) is 4.21. The summed E-state index contributed by atoms with van der Waals surface area (Å²) in [5, 5.41) is 11.9. The summed E-state index contributed by atoms with van der Waals surface area (Å²) in [6.07, 6.45) is -3.13. The smallest absolute Gasteiger partial charge is 0.270 e. The Balaban J connectivity index is 2.49. The Morgan fingerprint density at radius 2 is 2.33 bits per heavy atom. The summed E-state index contributed by atoms with van der Waals surface area (Å²) in [5.74, 6) is -1.59. The molecule has 0 amide bonds. The van der Waals surface area contributed by atoms with Gasteiger partial charge in [0.1, 0.15) is 12.7 Å². The fourth-order valence-corrected chi connectivity index (χ4v) is 1.64. The number of aromatic nitrogens is 2. The molecule has 1 fully saturated rings. The molecule has 0 aliphatic carbocycles. The number of anilines is 1. The Hall–Kier alpha value is -0.960. The van der Waals surface area contributed by atoms with Crippen molar-refractivity contribution in [3.05, 3.63) is 0 Å². The van der Waals surface area contributed by atoms with Gasteiger partial charge in [0, 0.05) is 40.1 Å². The van der Waals surface area contributed by atoms with E-state index in [0.29, 0.717) is 16.6 Å². The van der Waals surface area contributed by atoms with E-state index in [-0.39, 0.29) is 0 Å². The molecule has 2 heterocycles. The van der Waals surface area contributed by atoms with E-state index in [4.69, 9.17) is 32.8 Å². The Morgan fingerprint density at radius 3 is 3.05 bits per heavy atom. The molecular weight excluding hydrogens is 292 g/mol. The molecule has 0 saturated carbocycles. The van der Waals surface area contributed by atoms with Crippen molar-refractivity contribution in [2.24, 2.45) is 0 Å². The number of β-amino-alcohol motifs (C(OH)–C–C–N with tert-alkyl or cyclic N) is 1. The van der Waals surface area contributed by atoms with E-state index < -0.39 is 83.2 Å². The van der Waals surface area contributed by atoms with Crippen LogP contribution in [-0.4, -0.2) is 64.8 Å². The fourth-order valence-electron chi connectivity index (χ4n) is 1.17. The zero-order valence-corrected chi connectivity index (χ0v) is 11.3. The molecule has 21 heavy (non-hydrogen) atoms. The maximum Gasteiger partial charge on any atom is 0.270 e. The first-order valence-corrected chi connectivity index (χ1v) is 6.24. The van der Waals surface area contributed by atoms with Crippen LogP contribution in [0, 0.1) is 0 Å². The van der Waals surface area contributed by atoms with E-state index >= 15 is 0 Å². The molecule has 2 rings (SSSR count). The lowest BCUT2D eigenvalue weighted by atomic mass is 10.1. The van der Waals surface area contributed by atoms with E-state index in [1.807, 2.05) is 0 Å². The van der Waals surface area contributed by atoms with Crippen LogP contribution in [0.4, 0.5) is 5.82 Å². The number of aliphatic hydroxyl groups excluding tert-OH is 1. The van der Waals surface area contributed by atoms with Crippen molar-refractivity contribution in [2.75, 3.05) is 44.2 Å². The van der Waals surface area contributed by atoms with E-state index in [9.17, 15) is 5.11 Å². The van der Waals surface area contributed by atoms with Crippen molar-refractivity contribution in [3.8, 4) is 5.88 Å². The van der Waals surface area contributed by atoms with Gasteiger partial charge in [-0.05, 0) is 20.6 Å². The highest BCUT2D eigenvalue weighted by Crippen LogP contribution is 2.26. The highest BCUT2D eigenvalue weighted by molar-refractivity contribution is 6.99. The van der Waals surface area contributed by atoms with Crippen LogP contribution in [0.2, 0.25) is 0 Å². The highest BCUT2D eigenvalue weighted by Gasteiger charge is 2.21. The Kier molecular flexibility index (Phi) is 1.76. The average Bonchev–Trinajstić information content (AvgIpc) is 3.07. The van der Waals surface area contributed by atoms with Gasteiger partial charge < -0.3 is 24.8 Å². The molecule has 2 N–H and O–H groups in total. The number of nitrogens with one attached hydrogen (secondary N) is 1. The van der Waals surface area contributed by atoms with E-state index in [1.54, 1.807) is 0 Å². The Bertz CT molecular complexity index is 939. The van der Waals surface area contributed by atoms with Gasteiger partial charge in [-0.15, -0.1) is 4.37 Å². The minimum absolute atomic E-state index is 0.320. The van der Waals surface area contributed by atoms with Gasteiger partial charge in [0.05, 0.1) is 33.2 Å². The first-order valence-electron chi connectivity index (χ1n) is 14.0. The molecule has 1 aromatic rings. The molecule has 8 heteroatoms. The molecular formula is C13H24N4O3S. The summed E-state index contributed by atoms with van der Waals surface area (Å²) in [4.78, 5) is 0.445. The first kappa shape index (κ1) is 5.02. The molecule has 1 aromatic heterocycles. The van der Waals surface area contributed by atoms with Gasteiger partial charge in [-0.1, -0.05) is 0 Å². The monoisotopic (exact) mass is 333 g/mol. The van der Waals surface area contributed by atoms with Crippen LogP contribution >= 0.6 is 11.7 Å². The summed E-state index contributed by atoms with van der Waals surface area (Å²) in [6, 6.07) is 0. The quantitative estimate of drug-likeness (QED) is 0.785. The number of hydrogen-bond acceptors (Lipinski definition) is 8. The van der Waals surface area contributed by atoms with Gasteiger partial charge in [-0.2, -0.15) is 4.37 Å². The number of hydrogen-bond donors (Lipinski definition) is 2. The van der Waals surface area contributed by atoms with Gasteiger partial charge in [0.2, 0.25) is 5.82 Å². The second kappa shape index (κ2) is 7.35. The van der Waals surface area contributed by atoms with Crippen LogP contribution in [0.25, 0.3) is 0 Å². The zero-order valence-electron chi connectivity index (χ0n) is 27.5. The van der Waals surface area contributed by atoms with Crippen LogP contribution in [0.5, 0.6) is 5.88 Å². The molecule has 1 saturated heterocycles. The molecule has 1 aliphatic rings. The summed E-state index contributed by atoms with van der Waals surface area (Å²) in [7, 11) is 0. The minimum Gasteiger partial charge on any atom is -0.472 e. The SMILES string of the molecule is [2H]C([2H])(NC(C([2H])([2H])[2H])(C([2H])([2H])[2H])C([2H])([2H])[2H])[C@H](O)C([2H])([2H])Oc1nsnc1N1C([2H])([2H])COCC1([2H])[2H]. The van der Waals surface area contributed by atoms with Gasteiger partial charge in [0.25, 0.3) is 5.88 Å². The van der Waals surface area contributed by atoms with Crippen molar-refractivity contribution in [3.63, 3.8) is 0 Å². The van der Waals surface area contributed by atoms with E-state index in [1.165, 1.54) is 5.32 Å². The predicted octanol–water partition coefficient (Wildman–Crippen LogP) is 0.502. The summed E-state index contributed by atoms with van der Waals surface area (Å²) < 4.78 is 150. The molecule has 1 aliphatic heterocycles. The van der Waals surface area contributed by atoms with E-state index in [2.05, 4.69) is 8.75 Å². The zero-order chi connectivity index (χ0) is 30.0. The fraction of sp³-hybridized carbons (Fsp3) is 0.846.